The Morgan fingerprint density at radius 3 is 1.61 bits per heavy atom. The molecule has 0 aliphatic carbocycles. The number of fused-ring (bicyclic) bond motifs is 7. The number of allylic oxidation sites excluding steroid dienone is 3. The van der Waals surface area contributed by atoms with E-state index in [0.29, 0.717) is 0 Å². The third-order valence-corrected chi connectivity index (χ3v) is 17.2. The predicted octanol–water partition coefficient (Wildman–Crippen LogP) is 19.4. The summed E-state index contributed by atoms with van der Waals surface area (Å²) >= 11 is 0. The van der Waals surface area contributed by atoms with Crippen LogP contribution in [-0.4, -0.2) is 11.3 Å². The Morgan fingerprint density at radius 1 is 0.446 bits per heavy atom. The van der Waals surface area contributed by atoms with Gasteiger partial charge < -0.3 is 14.4 Å². The van der Waals surface area contributed by atoms with E-state index in [1.807, 2.05) is 0 Å². The molecular weight excluding hydrogens is 1000 g/mol. The molecule has 0 fully saturated rings. The van der Waals surface area contributed by atoms with Crippen LogP contribution in [0.1, 0.15) is 55.7 Å². The quantitative estimate of drug-likeness (QED) is 0.0543. The number of hydrogen-bond acceptors (Lipinski definition) is 2. The van der Waals surface area contributed by atoms with Gasteiger partial charge in [-0.05, 0) is 116 Å². The SMILES string of the molecule is C=C/C(=C(\C(=C)c1ccccc1)N1c2cc(-n3c4ccccc4c4ccccc43)ccc2B2c3cc(-c4ccccc4)ccc3N(c3c(-c4ccccc4)cccc3-c3ccccc3)c3cc(CCCCCCC)cc1c32)c1ccccc1. The molecule has 0 atom stereocenters. The summed E-state index contributed by atoms with van der Waals surface area (Å²) in [5.41, 5.74) is 26.3. The van der Waals surface area contributed by atoms with Crippen LogP contribution >= 0.6 is 0 Å². The fourth-order valence-electron chi connectivity index (χ4n) is 13.4. The van der Waals surface area contributed by atoms with Crippen LogP contribution in [0, 0.1) is 0 Å². The topological polar surface area (TPSA) is 11.4 Å². The number of anilines is 5. The Balaban J connectivity index is 1.14. The van der Waals surface area contributed by atoms with Gasteiger partial charge in [0.05, 0.1) is 22.4 Å². The lowest BCUT2D eigenvalue weighted by Crippen LogP contribution is -2.62. The van der Waals surface area contributed by atoms with Crippen LogP contribution in [0.3, 0.4) is 0 Å². The van der Waals surface area contributed by atoms with Gasteiger partial charge >= 0.3 is 0 Å². The van der Waals surface area contributed by atoms with Crippen molar-refractivity contribution in [1.82, 2.24) is 4.57 Å². The fraction of sp³-hybridized carbons (Fsp3) is 0.0886. The minimum absolute atomic E-state index is 0.175. The van der Waals surface area contributed by atoms with E-state index in [-0.39, 0.29) is 6.71 Å². The zero-order valence-corrected chi connectivity index (χ0v) is 47.1. The first-order valence-electron chi connectivity index (χ1n) is 29.6. The zero-order chi connectivity index (χ0) is 55.8. The number of aromatic nitrogens is 1. The van der Waals surface area contributed by atoms with Gasteiger partial charge in [0.25, 0.3) is 6.71 Å². The molecule has 83 heavy (non-hydrogen) atoms. The van der Waals surface area contributed by atoms with Crippen molar-refractivity contribution in [3.63, 3.8) is 0 Å². The molecule has 0 bridgehead atoms. The molecule has 14 rings (SSSR count). The van der Waals surface area contributed by atoms with Crippen LogP contribution in [-0.2, 0) is 6.42 Å². The van der Waals surface area contributed by atoms with Crippen molar-refractivity contribution in [2.45, 2.75) is 45.4 Å². The van der Waals surface area contributed by atoms with Crippen LogP contribution in [0.15, 0.2) is 292 Å². The zero-order valence-electron chi connectivity index (χ0n) is 47.1. The minimum atomic E-state index is -0.175. The Labute approximate surface area is 489 Å². The van der Waals surface area contributed by atoms with E-state index >= 15 is 0 Å². The minimum Gasteiger partial charge on any atom is -0.310 e. The first-order chi connectivity index (χ1) is 41.1. The summed E-state index contributed by atoms with van der Waals surface area (Å²) < 4.78 is 2.47. The van der Waals surface area contributed by atoms with Crippen molar-refractivity contribution in [3.8, 4) is 39.1 Å². The average molecular weight is 1070 g/mol. The Bertz CT molecular complexity index is 4320. The molecule has 3 nitrogen and oxygen atoms in total. The van der Waals surface area contributed by atoms with Crippen LogP contribution in [0.25, 0.3) is 72.0 Å². The molecule has 4 heteroatoms. The lowest BCUT2D eigenvalue weighted by atomic mass is 9.33. The highest BCUT2D eigenvalue weighted by atomic mass is 15.2. The second-order valence-corrected chi connectivity index (χ2v) is 22.2. The second-order valence-electron chi connectivity index (χ2n) is 22.2. The molecule has 12 aromatic rings. The summed E-state index contributed by atoms with van der Waals surface area (Å²) in [6.45, 7) is 11.9. The maximum absolute atomic E-state index is 5.14. The standard InChI is InChI=1S/C79H64BN3/c1-4-6-7-8-14-30-56-51-75-77-76(52-56)83(78(55(3)57-31-15-9-16-32-57)64(5-2)59-35-19-11-20-36-59)74-54-63(81-71-45-27-25-41-67(71)68-42-26-28-46-72(68)81)48-49-69(74)80(77)70-53-62(58-33-17-10-18-34-58)47-50-73(70)82(75)79-65(60-37-21-12-22-38-60)43-29-44-66(79)61-39-23-13-24-40-61/h5,9-13,15-29,31-54H,2-4,6-8,14,30H2,1H3/b78-64-. The van der Waals surface area contributed by atoms with Gasteiger partial charge in [0, 0.05) is 55.9 Å². The number of aryl methyl sites for hydroxylation is 1. The van der Waals surface area contributed by atoms with Crippen molar-refractivity contribution >= 4 is 84.5 Å². The van der Waals surface area contributed by atoms with Gasteiger partial charge in [-0.3, -0.25) is 0 Å². The average Bonchev–Trinajstić information content (AvgIpc) is 3.99. The summed E-state index contributed by atoms with van der Waals surface area (Å²) in [5, 5.41) is 2.46. The summed E-state index contributed by atoms with van der Waals surface area (Å²) in [6.07, 6.45) is 8.91. The van der Waals surface area contributed by atoms with Crippen molar-refractivity contribution in [3.05, 3.63) is 309 Å². The molecule has 398 valence electrons. The van der Waals surface area contributed by atoms with Crippen LogP contribution in [0.4, 0.5) is 28.4 Å². The third kappa shape index (κ3) is 9.12. The smallest absolute Gasteiger partial charge is 0.252 e. The number of para-hydroxylation sites is 3. The molecule has 0 spiro atoms. The van der Waals surface area contributed by atoms with E-state index in [1.165, 1.54) is 114 Å². The molecule has 3 heterocycles. The van der Waals surface area contributed by atoms with Gasteiger partial charge in [0.2, 0.25) is 0 Å². The van der Waals surface area contributed by atoms with Crippen molar-refractivity contribution in [2.24, 2.45) is 0 Å². The molecule has 0 saturated heterocycles. The molecule has 0 saturated carbocycles. The maximum atomic E-state index is 5.14. The van der Waals surface area contributed by atoms with Gasteiger partial charge in [-0.25, -0.2) is 0 Å². The number of hydrogen-bond donors (Lipinski definition) is 0. The molecule has 2 aliphatic heterocycles. The first-order valence-corrected chi connectivity index (χ1v) is 29.6. The molecule has 0 amide bonds. The highest BCUT2D eigenvalue weighted by Gasteiger charge is 2.46. The lowest BCUT2D eigenvalue weighted by molar-refractivity contribution is 0.632. The van der Waals surface area contributed by atoms with Gasteiger partial charge in [-0.1, -0.05) is 276 Å². The summed E-state index contributed by atoms with van der Waals surface area (Å²) in [4.78, 5) is 5.26. The van der Waals surface area contributed by atoms with Crippen molar-refractivity contribution in [1.29, 1.82) is 0 Å². The molecule has 0 radical (unpaired) electrons. The Hall–Kier alpha value is -9.90. The molecule has 0 unspecified atom stereocenters. The van der Waals surface area contributed by atoms with Crippen molar-refractivity contribution in [2.75, 3.05) is 9.80 Å². The molecule has 2 aliphatic rings. The molecule has 1 aromatic heterocycles. The highest BCUT2D eigenvalue weighted by molar-refractivity contribution is 7.00. The van der Waals surface area contributed by atoms with Crippen LogP contribution in [0.2, 0.25) is 0 Å². The monoisotopic (exact) mass is 1070 g/mol. The Morgan fingerprint density at radius 2 is 1.00 bits per heavy atom. The van der Waals surface area contributed by atoms with Gasteiger partial charge in [-0.15, -0.1) is 0 Å². The molecule has 0 N–H and O–H groups in total. The largest absolute Gasteiger partial charge is 0.310 e. The van der Waals surface area contributed by atoms with E-state index in [9.17, 15) is 0 Å². The fourth-order valence-corrected chi connectivity index (χ4v) is 13.4. The van der Waals surface area contributed by atoms with Gasteiger partial charge in [0.15, 0.2) is 0 Å². The second kappa shape index (κ2) is 22.2. The van der Waals surface area contributed by atoms with Crippen LogP contribution in [0.5, 0.6) is 0 Å². The summed E-state index contributed by atoms with van der Waals surface area (Å²) in [7, 11) is 0. The number of unbranched alkanes of at least 4 members (excludes halogenated alkanes) is 4. The van der Waals surface area contributed by atoms with E-state index in [4.69, 9.17) is 6.58 Å². The van der Waals surface area contributed by atoms with Crippen LogP contribution < -0.4 is 26.2 Å². The first kappa shape index (κ1) is 51.3. The normalized spacial score (nSPS) is 12.7. The van der Waals surface area contributed by atoms with Gasteiger partial charge in [-0.2, -0.15) is 0 Å². The van der Waals surface area contributed by atoms with Gasteiger partial charge in [0.1, 0.15) is 0 Å². The maximum Gasteiger partial charge on any atom is 0.252 e. The predicted molar refractivity (Wildman–Crippen MR) is 357 cm³/mol. The van der Waals surface area contributed by atoms with Crippen molar-refractivity contribution < 1.29 is 0 Å². The molecular formula is C79H64BN3. The lowest BCUT2D eigenvalue weighted by Gasteiger charge is -2.46. The number of nitrogens with zero attached hydrogens (tertiary/aromatic N) is 3. The van der Waals surface area contributed by atoms with E-state index in [2.05, 4.69) is 301 Å². The number of rotatable bonds is 16. The summed E-state index contributed by atoms with van der Waals surface area (Å²) in [6, 6.07) is 98.7. The van der Waals surface area contributed by atoms with E-state index in [0.717, 1.165) is 63.6 Å². The molecule has 11 aromatic carbocycles. The van der Waals surface area contributed by atoms with E-state index < -0.39 is 0 Å². The highest BCUT2D eigenvalue weighted by Crippen LogP contribution is 2.52. The van der Waals surface area contributed by atoms with E-state index in [1.54, 1.807) is 0 Å². The Kier molecular flexibility index (Phi) is 13.7. The number of benzene rings is 11. The third-order valence-electron chi connectivity index (χ3n) is 17.2. The summed E-state index contributed by atoms with van der Waals surface area (Å²) in [5.74, 6) is 0.